The van der Waals surface area contributed by atoms with Crippen molar-refractivity contribution in [3.8, 4) is 0 Å². The molecule has 0 radical (unpaired) electrons. The lowest BCUT2D eigenvalue weighted by molar-refractivity contribution is -0.202. The third-order valence-electron chi connectivity index (χ3n) is 6.53. The molecule has 0 aromatic heterocycles. The monoisotopic (exact) mass is 344 g/mol. The molecule has 6 nitrogen and oxygen atoms in total. The lowest BCUT2D eigenvalue weighted by atomic mass is 9.33. The molecule has 0 unspecified atom stereocenters. The Bertz CT molecular complexity index is 711. The first-order chi connectivity index (χ1) is 11.8. The Morgan fingerprint density at radius 1 is 0.760 bits per heavy atom. The first kappa shape index (κ1) is 16.2. The minimum Gasteiger partial charge on any atom is -0.497 e. The minimum absolute atomic E-state index is 0.438. The van der Waals surface area contributed by atoms with Gasteiger partial charge in [-0.15, -0.1) is 0 Å². The maximum absolute atomic E-state index is 12.7. The third-order valence-corrected chi connectivity index (χ3v) is 6.53. The van der Waals surface area contributed by atoms with E-state index in [0.29, 0.717) is 24.7 Å². The fraction of sp³-hybridized carbons (Fsp3) is 0.579. The van der Waals surface area contributed by atoms with Crippen molar-refractivity contribution in [3.63, 3.8) is 0 Å². The van der Waals surface area contributed by atoms with Gasteiger partial charge in [-0.2, -0.15) is 0 Å². The van der Waals surface area contributed by atoms with Gasteiger partial charge in [0.05, 0.1) is 24.0 Å². The quantitative estimate of drug-likeness (QED) is 0.620. The Kier molecular flexibility index (Phi) is 3.33. The first-order valence-electron chi connectivity index (χ1n) is 8.69. The SMILES string of the molecule is C[C@]12C(=O)C(=O)C=C3OCCCCCOC4=CC(=O)C(=O)[C@]1(C)[C@H]4[C@@H]32. The summed E-state index contributed by atoms with van der Waals surface area (Å²) in [6.45, 7) is 4.13. The maximum Gasteiger partial charge on any atom is 0.225 e. The molecule has 1 heterocycles. The van der Waals surface area contributed by atoms with Crippen molar-refractivity contribution in [1.82, 2.24) is 0 Å². The number of hydrogen-bond donors (Lipinski definition) is 0. The van der Waals surface area contributed by atoms with E-state index in [9.17, 15) is 19.2 Å². The average Bonchev–Trinajstić information content (AvgIpc) is 2.61. The molecule has 4 atom stereocenters. The van der Waals surface area contributed by atoms with Gasteiger partial charge in [0.2, 0.25) is 23.1 Å². The summed E-state index contributed by atoms with van der Waals surface area (Å²) in [5, 5.41) is 0. The van der Waals surface area contributed by atoms with Crippen LogP contribution in [0.3, 0.4) is 0 Å². The van der Waals surface area contributed by atoms with Crippen LogP contribution in [-0.4, -0.2) is 36.3 Å². The fourth-order valence-corrected chi connectivity index (χ4v) is 4.97. The van der Waals surface area contributed by atoms with Gasteiger partial charge >= 0.3 is 0 Å². The zero-order valence-electron chi connectivity index (χ0n) is 14.3. The number of ether oxygens (including phenoxy) is 2. The van der Waals surface area contributed by atoms with Crippen molar-refractivity contribution >= 4 is 23.1 Å². The molecular weight excluding hydrogens is 324 g/mol. The number of allylic oxidation sites excluding steroid dienone is 4. The molecule has 0 spiro atoms. The number of ketones is 4. The summed E-state index contributed by atoms with van der Waals surface area (Å²) in [7, 11) is 0. The van der Waals surface area contributed by atoms with E-state index in [1.807, 2.05) is 0 Å². The predicted molar refractivity (Wildman–Crippen MR) is 85.1 cm³/mol. The molecule has 0 aromatic carbocycles. The molecule has 25 heavy (non-hydrogen) atoms. The molecule has 0 N–H and O–H groups in total. The highest BCUT2D eigenvalue weighted by Gasteiger charge is 2.79. The van der Waals surface area contributed by atoms with Crippen LogP contribution in [0.2, 0.25) is 0 Å². The topological polar surface area (TPSA) is 86.7 Å². The minimum atomic E-state index is -1.28. The lowest BCUT2D eigenvalue weighted by Crippen LogP contribution is -2.74. The molecule has 0 aromatic rings. The normalized spacial score (nSPS) is 40.6. The van der Waals surface area contributed by atoms with Crippen LogP contribution in [0.1, 0.15) is 33.1 Å². The van der Waals surface area contributed by atoms with Gasteiger partial charge in [-0.25, -0.2) is 0 Å². The summed E-state index contributed by atoms with van der Waals surface area (Å²) in [4.78, 5) is 50.0. The zero-order valence-corrected chi connectivity index (χ0v) is 14.3. The molecule has 1 aliphatic heterocycles. The van der Waals surface area contributed by atoms with Gasteiger partial charge in [0.25, 0.3) is 0 Å². The molecule has 1 saturated carbocycles. The van der Waals surface area contributed by atoms with Gasteiger partial charge in [-0.1, -0.05) is 13.8 Å². The van der Waals surface area contributed by atoms with Gasteiger partial charge in [-0.05, 0) is 19.3 Å². The molecule has 0 bridgehead atoms. The molecule has 1 saturated heterocycles. The van der Waals surface area contributed by atoms with Gasteiger partial charge in [0.15, 0.2) is 0 Å². The van der Waals surface area contributed by atoms with E-state index in [0.717, 1.165) is 19.3 Å². The summed E-state index contributed by atoms with van der Waals surface area (Å²) in [6, 6.07) is 0. The number of rotatable bonds is 0. The number of carbonyl (C=O) groups excluding carboxylic acids is 4. The summed E-state index contributed by atoms with van der Waals surface area (Å²) in [5.41, 5.74) is -2.55. The Morgan fingerprint density at radius 2 is 1.16 bits per heavy atom. The zero-order chi connectivity index (χ0) is 18.0. The lowest BCUT2D eigenvalue weighted by Gasteiger charge is -2.66. The molecule has 0 amide bonds. The molecule has 2 fully saturated rings. The smallest absolute Gasteiger partial charge is 0.225 e. The molecule has 4 aliphatic rings. The second-order valence-corrected chi connectivity index (χ2v) is 7.60. The largest absolute Gasteiger partial charge is 0.497 e. The highest BCUT2D eigenvalue weighted by molar-refractivity contribution is 6.49. The highest BCUT2D eigenvalue weighted by atomic mass is 16.5. The van der Waals surface area contributed by atoms with E-state index >= 15 is 0 Å². The average molecular weight is 344 g/mol. The first-order valence-corrected chi connectivity index (χ1v) is 8.69. The van der Waals surface area contributed by atoms with E-state index in [2.05, 4.69) is 0 Å². The summed E-state index contributed by atoms with van der Waals surface area (Å²) in [6.07, 6.45) is 5.02. The van der Waals surface area contributed by atoms with Crippen LogP contribution in [0.4, 0.5) is 0 Å². The van der Waals surface area contributed by atoms with Gasteiger partial charge in [0, 0.05) is 24.0 Å². The standard InChI is InChI=1S/C19H20O6/c1-18-14-12(8-10(20)16(18)22)24-6-4-3-5-7-25-13-9-11(21)17(23)19(18,2)15(13)14/h8-9,14-15H,3-7H2,1-2H3/t14-,15-,18+,19+/m1/s1. The molecule has 4 rings (SSSR count). The van der Waals surface area contributed by atoms with Crippen molar-refractivity contribution in [2.45, 2.75) is 33.1 Å². The van der Waals surface area contributed by atoms with E-state index < -0.39 is 45.8 Å². The Balaban J connectivity index is 1.91. The van der Waals surface area contributed by atoms with Crippen LogP contribution in [-0.2, 0) is 28.7 Å². The number of hydrogen-bond acceptors (Lipinski definition) is 6. The van der Waals surface area contributed by atoms with Crippen molar-refractivity contribution in [1.29, 1.82) is 0 Å². The van der Waals surface area contributed by atoms with Crippen LogP contribution in [0.5, 0.6) is 0 Å². The second kappa shape index (κ2) is 5.13. The van der Waals surface area contributed by atoms with E-state index in [-0.39, 0.29) is 0 Å². The van der Waals surface area contributed by atoms with Crippen molar-refractivity contribution in [2.75, 3.05) is 13.2 Å². The Hall–Kier alpha value is -2.24. The summed E-state index contributed by atoms with van der Waals surface area (Å²) < 4.78 is 11.7. The van der Waals surface area contributed by atoms with E-state index in [1.54, 1.807) is 13.8 Å². The second-order valence-electron chi connectivity index (χ2n) is 7.60. The summed E-state index contributed by atoms with van der Waals surface area (Å²) >= 11 is 0. The fourth-order valence-electron chi connectivity index (χ4n) is 4.97. The van der Waals surface area contributed by atoms with Gasteiger partial charge in [-0.3, -0.25) is 19.2 Å². The molecular formula is C19H20O6. The maximum atomic E-state index is 12.7. The Morgan fingerprint density at radius 3 is 1.56 bits per heavy atom. The van der Waals surface area contributed by atoms with Crippen molar-refractivity contribution < 1.29 is 28.7 Å². The molecule has 6 heteroatoms. The summed E-state index contributed by atoms with van der Waals surface area (Å²) in [5.74, 6) is -2.61. The van der Waals surface area contributed by atoms with E-state index in [4.69, 9.17) is 9.47 Å². The predicted octanol–water partition coefficient (Wildman–Crippen LogP) is 1.53. The van der Waals surface area contributed by atoms with E-state index in [1.165, 1.54) is 12.2 Å². The van der Waals surface area contributed by atoms with Crippen LogP contribution in [0.15, 0.2) is 23.7 Å². The molecule has 3 aliphatic carbocycles. The Labute approximate surface area is 145 Å². The van der Waals surface area contributed by atoms with Gasteiger partial charge in [0.1, 0.15) is 11.5 Å². The van der Waals surface area contributed by atoms with Crippen LogP contribution in [0, 0.1) is 22.7 Å². The number of carbonyl (C=O) groups is 4. The number of Topliss-reactive ketones (excluding diaryl/α,β-unsaturated/α-hetero) is 2. The third kappa shape index (κ3) is 1.80. The van der Waals surface area contributed by atoms with Crippen molar-refractivity contribution in [3.05, 3.63) is 23.7 Å². The van der Waals surface area contributed by atoms with Crippen LogP contribution >= 0.6 is 0 Å². The van der Waals surface area contributed by atoms with Crippen LogP contribution in [0.25, 0.3) is 0 Å². The molecule has 132 valence electrons. The number of fused-ring (bicyclic) bond motifs is 1. The van der Waals surface area contributed by atoms with Crippen LogP contribution < -0.4 is 0 Å². The van der Waals surface area contributed by atoms with Gasteiger partial charge < -0.3 is 9.47 Å². The highest BCUT2D eigenvalue weighted by Crippen LogP contribution is 2.71. The van der Waals surface area contributed by atoms with Crippen molar-refractivity contribution in [2.24, 2.45) is 22.7 Å².